The van der Waals surface area contributed by atoms with Crippen molar-refractivity contribution >= 4 is 17.6 Å². The molecule has 1 amide bonds. The van der Waals surface area contributed by atoms with Crippen LogP contribution >= 0.6 is 0 Å². The second-order valence-electron chi connectivity index (χ2n) is 6.43. The molecule has 1 N–H and O–H groups in total. The normalized spacial score (nSPS) is 12.0. The van der Waals surface area contributed by atoms with E-state index in [1.54, 1.807) is 42.5 Å². The molecule has 0 aliphatic carbocycles. The first-order valence-corrected chi connectivity index (χ1v) is 9.37. The second kappa shape index (κ2) is 9.00. The zero-order valence-corrected chi connectivity index (χ0v) is 16.0. The Morgan fingerprint density at radius 2 is 1.60 bits per heavy atom. The van der Waals surface area contributed by atoms with E-state index >= 15 is 0 Å². The highest BCUT2D eigenvalue weighted by Gasteiger charge is 2.14. The van der Waals surface area contributed by atoms with Gasteiger partial charge in [-0.25, -0.2) is 4.79 Å². The van der Waals surface area contributed by atoms with Crippen LogP contribution in [0.5, 0.6) is 23.0 Å². The Hall–Kier alpha value is -4.00. The van der Waals surface area contributed by atoms with Gasteiger partial charge in [-0.15, -0.1) is 0 Å². The lowest BCUT2D eigenvalue weighted by Crippen LogP contribution is -2.21. The fourth-order valence-electron chi connectivity index (χ4n) is 2.84. The van der Waals surface area contributed by atoms with Crippen LogP contribution in [0.25, 0.3) is 0 Å². The molecule has 0 saturated heterocycles. The first-order chi connectivity index (χ1) is 14.7. The van der Waals surface area contributed by atoms with Gasteiger partial charge in [-0.2, -0.15) is 0 Å². The number of amides is 1. The number of nitrogens with one attached hydrogen (secondary N) is 1. The molecule has 0 spiro atoms. The number of hydrogen-bond donors (Lipinski definition) is 1. The Balaban J connectivity index is 1.32. The summed E-state index contributed by atoms with van der Waals surface area (Å²) in [6, 6.07) is 20.9. The van der Waals surface area contributed by atoms with E-state index in [4.69, 9.17) is 18.9 Å². The monoisotopic (exact) mass is 405 g/mol. The summed E-state index contributed by atoms with van der Waals surface area (Å²) in [6.45, 7) is 0.526. The van der Waals surface area contributed by atoms with Crippen molar-refractivity contribution in [3.8, 4) is 23.0 Å². The number of rotatable bonds is 6. The van der Waals surface area contributed by atoms with Crippen LogP contribution in [0.3, 0.4) is 0 Å². The van der Waals surface area contributed by atoms with Crippen molar-refractivity contribution in [1.29, 1.82) is 0 Å². The molecule has 0 aromatic heterocycles. The SMILES string of the molecule is O=C(COC(=O)c1cccc(Oc2ccccc2)c1)Nc1ccc2c(c1)OCCO2. The van der Waals surface area contributed by atoms with Gasteiger partial charge >= 0.3 is 5.97 Å². The molecule has 0 unspecified atom stereocenters. The molecule has 4 rings (SSSR count). The van der Waals surface area contributed by atoms with E-state index in [-0.39, 0.29) is 5.56 Å². The van der Waals surface area contributed by atoms with Gasteiger partial charge in [0.2, 0.25) is 0 Å². The van der Waals surface area contributed by atoms with Crippen LogP contribution in [-0.2, 0) is 9.53 Å². The minimum Gasteiger partial charge on any atom is -0.486 e. The molecular formula is C23H19NO6. The van der Waals surface area contributed by atoms with Crippen molar-refractivity contribution < 1.29 is 28.5 Å². The lowest BCUT2D eigenvalue weighted by molar-refractivity contribution is -0.119. The van der Waals surface area contributed by atoms with Gasteiger partial charge in [0.05, 0.1) is 5.56 Å². The number of esters is 1. The van der Waals surface area contributed by atoms with Gasteiger partial charge in [-0.1, -0.05) is 24.3 Å². The Bertz CT molecular complexity index is 1050. The zero-order valence-electron chi connectivity index (χ0n) is 16.0. The minimum absolute atomic E-state index is 0.288. The van der Waals surface area contributed by atoms with Crippen molar-refractivity contribution in [2.45, 2.75) is 0 Å². The molecule has 30 heavy (non-hydrogen) atoms. The first kappa shape index (κ1) is 19.3. The Labute approximate surface area is 173 Å². The molecule has 152 valence electrons. The summed E-state index contributed by atoms with van der Waals surface area (Å²) in [6.07, 6.45) is 0. The van der Waals surface area contributed by atoms with E-state index in [0.717, 1.165) is 0 Å². The third-order valence-corrected chi connectivity index (χ3v) is 4.21. The fraction of sp³-hybridized carbons (Fsp3) is 0.130. The lowest BCUT2D eigenvalue weighted by Gasteiger charge is -2.19. The number of hydrogen-bond acceptors (Lipinski definition) is 6. The molecule has 0 saturated carbocycles. The van der Waals surface area contributed by atoms with Crippen LogP contribution in [0.1, 0.15) is 10.4 Å². The quantitative estimate of drug-likeness (QED) is 0.623. The molecule has 7 nitrogen and oxygen atoms in total. The van der Waals surface area contributed by atoms with Gasteiger partial charge in [0.15, 0.2) is 18.1 Å². The average Bonchev–Trinajstić information content (AvgIpc) is 2.78. The van der Waals surface area contributed by atoms with E-state index in [1.165, 1.54) is 0 Å². The highest BCUT2D eigenvalue weighted by Crippen LogP contribution is 2.32. The molecule has 0 bridgehead atoms. The van der Waals surface area contributed by atoms with E-state index in [9.17, 15) is 9.59 Å². The number of benzene rings is 3. The number of fused-ring (bicyclic) bond motifs is 1. The Morgan fingerprint density at radius 3 is 2.43 bits per heavy atom. The number of carbonyl (C=O) groups excluding carboxylic acids is 2. The summed E-state index contributed by atoms with van der Waals surface area (Å²) in [7, 11) is 0. The largest absolute Gasteiger partial charge is 0.486 e. The third kappa shape index (κ3) is 4.88. The summed E-state index contributed by atoms with van der Waals surface area (Å²) in [5.74, 6) is 1.26. The minimum atomic E-state index is -0.620. The van der Waals surface area contributed by atoms with Gasteiger partial charge in [-0.3, -0.25) is 4.79 Å². The van der Waals surface area contributed by atoms with Crippen molar-refractivity contribution in [3.63, 3.8) is 0 Å². The van der Waals surface area contributed by atoms with Gasteiger partial charge in [0, 0.05) is 11.8 Å². The van der Waals surface area contributed by atoms with E-state index in [0.29, 0.717) is 41.9 Å². The van der Waals surface area contributed by atoms with Crippen molar-refractivity contribution in [1.82, 2.24) is 0 Å². The third-order valence-electron chi connectivity index (χ3n) is 4.21. The van der Waals surface area contributed by atoms with Crippen LogP contribution in [0.2, 0.25) is 0 Å². The van der Waals surface area contributed by atoms with Crippen LogP contribution in [0.4, 0.5) is 5.69 Å². The number of para-hydroxylation sites is 1. The molecule has 3 aromatic rings. The second-order valence-corrected chi connectivity index (χ2v) is 6.43. The average molecular weight is 405 g/mol. The van der Waals surface area contributed by atoms with Gasteiger partial charge < -0.3 is 24.3 Å². The molecule has 7 heteroatoms. The maximum atomic E-state index is 12.3. The topological polar surface area (TPSA) is 83.1 Å². The Kier molecular flexibility index (Phi) is 5.80. The Morgan fingerprint density at radius 1 is 0.833 bits per heavy atom. The summed E-state index contributed by atoms with van der Waals surface area (Å²) >= 11 is 0. The number of ether oxygens (including phenoxy) is 4. The predicted octanol–water partition coefficient (Wildman–Crippen LogP) is 4.05. The van der Waals surface area contributed by atoms with E-state index in [1.807, 2.05) is 30.3 Å². The van der Waals surface area contributed by atoms with E-state index < -0.39 is 18.5 Å². The first-order valence-electron chi connectivity index (χ1n) is 9.37. The number of carbonyl (C=O) groups is 2. The summed E-state index contributed by atoms with van der Waals surface area (Å²) < 4.78 is 21.8. The fourth-order valence-corrected chi connectivity index (χ4v) is 2.84. The molecule has 3 aromatic carbocycles. The lowest BCUT2D eigenvalue weighted by atomic mass is 10.2. The molecule has 0 fully saturated rings. The summed E-state index contributed by atoms with van der Waals surface area (Å²) in [5.41, 5.74) is 0.814. The molecule has 0 radical (unpaired) electrons. The van der Waals surface area contributed by atoms with Crippen LogP contribution in [0, 0.1) is 0 Å². The standard InChI is InChI=1S/C23H19NO6/c25-22(24-17-9-10-20-21(14-17)28-12-11-27-20)15-29-23(26)16-5-4-8-19(13-16)30-18-6-2-1-3-7-18/h1-10,13-14H,11-12,15H2,(H,24,25). The van der Waals surface area contributed by atoms with Crippen LogP contribution in [0.15, 0.2) is 72.8 Å². The molecule has 0 atom stereocenters. The summed E-state index contributed by atoms with van der Waals surface area (Å²) in [5, 5.41) is 2.67. The zero-order chi connectivity index (χ0) is 20.8. The molecule has 1 aliphatic heterocycles. The van der Waals surface area contributed by atoms with Crippen LogP contribution in [-0.4, -0.2) is 31.7 Å². The smallest absolute Gasteiger partial charge is 0.338 e. The molecule has 1 heterocycles. The summed E-state index contributed by atoms with van der Waals surface area (Å²) in [4.78, 5) is 24.4. The van der Waals surface area contributed by atoms with Crippen molar-refractivity contribution in [2.24, 2.45) is 0 Å². The maximum absolute atomic E-state index is 12.3. The molecule has 1 aliphatic rings. The maximum Gasteiger partial charge on any atom is 0.338 e. The van der Waals surface area contributed by atoms with Crippen molar-refractivity contribution in [3.05, 3.63) is 78.4 Å². The van der Waals surface area contributed by atoms with E-state index in [2.05, 4.69) is 5.32 Å². The highest BCUT2D eigenvalue weighted by atomic mass is 16.6. The van der Waals surface area contributed by atoms with Crippen molar-refractivity contribution in [2.75, 3.05) is 25.1 Å². The predicted molar refractivity (Wildman–Crippen MR) is 109 cm³/mol. The van der Waals surface area contributed by atoms with Gasteiger partial charge in [0.25, 0.3) is 5.91 Å². The molecular weight excluding hydrogens is 386 g/mol. The van der Waals surface area contributed by atoms with Crippen LogP contribution < -0.4 is 19.5 Å². The van der Waals surface area contributed by atoms with Gasteiger partial charge in [-0.05, 0) is 42.5 Å². The van der Waals surface area contributed by atoms with Gasteiger partial charge in [0.1, 0.15) is 24.7 Å². The highest BCUT2D eigenvalue weighted by molar-refractivity contribution is 5.95. The number of anilines is 1.